The largest absolute Gasteiger partial charge is 0.459 e. The first-order valence-electron chi connectivity index (χ1n) is 7.98. The van der Waals surface area contributed by atoms with Crippen molar-refractivity contribution in [3.8, 4) is 0 Å². The quantitative estimate of drug-likeness (QED) is 0.341. The maximum absolute atomic E-state index is 13.2. The second-order valence-electron chi connectivity index (χ2n) is 5.43. The zero-order valence-corrected chi connectivity index (χ0v) is 16.3. The second kappa shape index (κ2) is 9.41. The molecule has 1 heterocycles. The van der Waals surface area contributed by atoms with Crippen molar-refractivity contribution in [2.45, 2.75) is 20.0 Å². The summed E-state index contributed by atoms with van der Waals surface area (Å²) in [6, 6.07) is 16.4. The Labute approximate surface area is 163 Å². The van der Waals surface area contributed by atoms with Gasteiger partial charge in [-0.15, -0.1) is 24.0 Å². The molecule has 0 amide bonds. The molecule has 6 heteroatoms. The number of nitrogens with one attached hydrogen (secondary N) is 2. The van der Waals surface area contributed by atoms with E-state index in [0.29, 0.717) is 19.0 Å². The third-order valence-electron chi connectivity index (χ3n) is 3.56. The van der Waals surface area contributed by atoms with Crippen LogP contribution < -0.4 is 10.6 Å². The third kappa shape index (κ3) is 5.45. The van der Waals surface area contributed by atoms with Crippen LogP contribution in [0.5, 0.6) is 0 Å². The maximum Gasteiger partial charge on any atom is 0.191 e. The van der Waals surface area contributed by atoms with Crippen molar-refractivity contribution < 1.29 is 8.81 Å². The van der Waals surface area contributed by atoms with Crippen molar-refractivity contribution in [1.29, 1.82) is 0 Å². The lowest BCUT2D eigenvalue weighted by Gasteiger charge is -2.10. The van der Waals surface area contributed by atoms with Gasteiger partial charge >= 0.3 is 0 Å². The second-order valence-corrected chi connectivity index (χ2v) is 5.43. The lowest BCUT2D eigenvalue weighted by Crippen LogP contribution is -2.36. The van der Waals surface area contributed by atoms with Crippen LogP contribution in [0.1, 0.15) is 18.2 Å². The van der Waals surface area contributed by atoms with Gasteiger partial charge in [-0.05, 0) is 36.8 Å². The topological polar surface area (TPSA) is 49.6 Å². The highest BCUT2D eigenvalue weighted by Gasteiger charge is 2.04. The predicted octanol–water partition coefficient (Wildman–Crippen LogP) is 4.45. The third-order valence-corrected chi connectivity index (χ3v) is 3.56. The highest BCUT2D eigenvalue weighted by atomic mass is 127. The molecular formula is C19H21FIN3O. The highest BCUT2D eigenvalue weighted by Crippen LogP contribution is 2.18. The van der Waals surface area contributed by atoms with Crippen molar-refractivity contribution in [2.75, 3.05) is 6.54 Å². The van der Waals surface area contributed by atoms with Gasteiger partial charge in [-0.3, -0.25) is 0 Å². The molecule has 0 unspecified atom stereocenters. The van der Waals surface area contributed by atoms with Gasteiger partial charge in [-0.25, -0.2) is 9.38 Å². The Hall–Kier alpha value is -2.09. The molecule has 4 nitrogen and oxygen atoms in total. The molecule has 25 heavy (non-hydrogen) atoms. The average Bonchev–Trinajstić information content (AvgIpc) is 3.00. The summed E-state index contributed by atoms with van der Waals surface area (Å²) in [5.41, 5.74) is 1.70. The van der Waals surface area contributed by atoms with Gasteiger partial charge in [0.25, 0.3) is 0 Å². The minimum Gasteiger partial charge on any atom is -0.459 e. The molecule has 0 saturated heterocycles. The van der Waals surface area contributed by atoms with Gasteiger partial charge in [0.1, 0.15) is 17.2 Å². The number of hydrogen-bond acceptors (Lipinski definition) is 2. The van der Waals surface area contributed by atoms with E-state index in [1.807, 2.05) is 43.3 Å². The Bertz CT molecular complexity index is 814. The Morgan fingerprint density at radius 2 is 1.92 bits per heavy atom. The van der Waals surface area contributed by atoms with Gasteiger partial charge < -0.3 is 15.1 Å². The van der Waals surface area contributed by atoms with Crippen LogP contribution in [0.25, 0.3) is 11.0 Å². The first kappa shape index (κ1) is 19.2. The molecule has 0 atom stereocenters. The summed E-state index contributed by atoms with van der Waals surface area (Å²) in [5, 5.41) is 7.49. The van der Waals surface area contributed by atoms with Crippen molar-refractivity contribution in [3.05, 3.63) is 71.7 Å². The Morgan fingerprint density at radius 3 is 2.68 bits per heavy atom. The molecule has 0 fully saturated rings. The van der Waals surface area contributed by atoms with E-state index in [4.69, 9.17) is 4.42 Å². The number of furan rings is 1. The maximum atomic E-state index is 13.2. The molecule has 0 bridgehead atoms. The first-order chi connectivity index (χ1) is 11.7. The number of para-hydroxylation sites is 1. The fourth-order valence-electron chi connectivity index (χ4n) is 2.44. The van der Waals surface area contributed by atoms with Gasteiger partial charge in [-0.1, -0.05) is 30.3 Å². The fraction of sp³-hybridized carbons (Fsp3) is 0.211. The summed E-state index contributed by atoms with van der Waals surface area (Å²) in [6.07, 6.45) is 0. The number of aliphatic imine (C=N–C) groups is 1. The molecular weight excluding hydrogens is 432 g/mol. The van der Waals surface area contributed by atoms with Crippen LogP contribution in [0, 0.1) is 5.82 Å². The number of fused-ring (bicyclic) bond motifs is 1. The van der Waals surface area contributed by atoms with Crippen molar-refractivity contribution >= 4 is 40.9 Å². The van der Waals surface area contributed by atoms with Crippen LogP contribution in [-0.2, 0) is 13.1 Å². The SMILES string of the molecule is CCNC(=NCc1cccc(F)c1)NCc1cc2ccccc2o1.I. The first-order valence-corrected chi connectivity index (χ1v) is 7.98. The van der Waals surface area contributed by atoms with E-state index in [1.54, 1.807) is 6.07 Å². The number of rotatable bonds is 5. The molecule has 2 aromatic carbocycles. The van der Waals surface area contributed by atoms with E-state index in [9.17, 15) is 4.39 Å². The Balaban J connectivity index is 0.00000225. The monoisotopic (exact) mass is 453 g/mol. The molecule has 3 aromatic rings. The average molecular weight is 453 g/mol. The molecule has 0 spiro atoms. The summed E-state index contributed by atoms with van der Waals surface area (Å²) in [7, 11) is 0. The summed E-state index contributed by atoms with van der Waals surface area (Å²) < 4.78 is 19.0. The van der Waals surface area contributed by atoms with Crippen LogP contribution >= 0.6 is 24.0 Å². The zero-order valence-electron chi connectivity index (χ0n) is 14.0. The van der Waals surface area contributed by atoms with Crippen LogP contribution in [-0.4, -0.2) is 12.5 Å². The van der Waals surface area contributed by atoms with Crippen LogP contribution in [0.15, 0.2) is 64.0 Å². The zero-order chi connectivity index (χ0) is 16.8. The van der Waals surface area contributed by atoms with E-state index >= 15 is 0 Å². The number of halogens is 2. The minimum atomic E-state index is -0.247. The van der Waals surface area contributed by atoms with Gasteiger partial charge in [0.2, 0.25) is 0 Å². The smallest absolute Gasteiger partial charge is 0.191 e. The molecule has 0 aliphatic carbocycles. The molecule has 0 aliphatic heterocycles. The van der Waals surface area contributed by atoms with Gasteiger partial charge in [0.05, 0.1) is 13.1 Å². The molecule has 0 aliphatic rings. The van der Waals surface area contributed by atoms with Gasteiger partial charge in [0.15, 0.2) is 5.96 Å². The van der Waals surface area contributed by atoms with E-state index in [2.05, 4.69) is 15.6 Å². The standard InChI is InChI=1S/C19H20FN3O.HI/c1-2-21-19(22-12-14-6-5-8-16(20)10-14)23-13-17-11-15-7-3-4-9-18(15)24-17;/h3-11H,2,12-13H2,1H3,(H2,21,22,23);1H. The van der Waals surface area contributed by atoms with Crippen molar-refractivity contribution in [2.24, 2.45) is 4.99 Å². The summed E-state index contributed by atoms with van der Waals surface area (Å²) >= 11 is 0. The number of guanidine groups is 1. The molecule has 0 radical (unpaired) electrons. The van der Waals surface area contributed by atoms with Crippen molar-refractivity contribution in [3.63, 3.8) is 0 Å². The molecule has 0 saturated carbocycles. The van der Waals surface area contributed by atoms with E-state index in [0.717, 1.165) is 28.8 Å². The van der Waals surface area contributed by atoms with Crippen molar-refractivity contribution in [1.82, 2.24) is 10.6 Å². The fourth-order valence-corrected chi connectivity index (χ4v) is 2.44. The number of nitrogens with zero attached hydrogens (tertiary/aromatic N) is 1. The lowest BCUT2D eigenvalue weighted by molar-refractivity contribution is 0.538. The molecule has 3 rings (SSSR count). The number of benzene rings is 2. The predicted molar refractivity (Wildman–Crippen MR) is 110 cm³/mol. The summed E-state index contributed by atoms with van der Waals surface area (Å²) in [5.74, 6) is 1.26. The summed E-state index contributed by atoms with van der Waals surface area (Å²) in [4.78, 5) is 4.48. The highest BCUT2D eigenvalue weighted by molar-refractivity contribution is 14.0. The van der Waals surface area contributed by atoms with E-state index < -0.39 is 0 Å². The van der Waals surface area contributed by atoms with Crippen LogP contribution in [0.2, 0.25) is 0 Å². The number of hydrogen-bond donors (Lipinski definition) is 2. The molecule has 132 valence electrons. The normalized spacial score (nSPS) is 11.2. The van der Waals surface area contributed by atoms with E-state index in [-0.39, 0.29) is 29.8 Å². The van der Waals surface area contributed by atoms with Gasteiger partial charge in [0, 0.05) is 11.9 Å². The van der Waals surface area contributed by atoms with Crippen LogP contribution in [0.4, 0.5) is 4.39 Å². The molecule has 2 N–H and O–H groups in total. The Kier molecular flexibility index (Phi) is 7.24. The summed E-state index contributed by atoms with van der Waals surface area (Å²) in [6.45, 7) is 3.69. The van der Waals surface area contributed by atoms with Crippen LogP contribution in [0.3, 0.4) is 0 Å². The minimum absolute atomic E-state index is 0. The lowest BCUT2D eigenvalue weighted by atomic mass is 10.2. The molecule has 1 aromatic heterocycles. The Morgan fingerprint density at radius 1 is 1.08 bits per heavy atom. The van der Waals surface area contributed by atoms with Gasteiger partial charge in [-0.2, -0.15) is 0 Å². The van der Waals surface area contributed by atoms with E-state index in [1.165, 1.54) is 12.1 Å².